The molecule has 158 valence electrons. The van der Waals surface area contributed by atoms with Crippen LogP contribution in [0.15, 0.2) is 36.9 Å². The molecule has 0 unspecified atom stereocenters. The Balaban J connectivity index is 1.58. The monoisotopic (exact) mass is 415 g/mol. The Morgan fingerprint density at radius 1 is 1.23 bits per heavy atom. The van der Waals surface area contributed by atoms with Gasteiger partial charge in [-0.1, -0.05) is 18.2 Å². The van der Waals surface area contributed by atoms with Gasteiger partial charge in [-0.25, -0.2) is 15.0 Å². The molecular formula is C19H21N5O6. The second kappa shape index (κ2) is 8.32. The van der Waals surface area contributed by atoms with E-state index in [-0.39, 0.29) is 0 Å². The number of esters is 1. The van der Waals surface area contributed by atoms with Crippen LogP contribution in [0.25, 0.3) is 11.2 Å². The molecule has 3 heterocycles. The maximum atomic E-state index is 11.3. The van der Waals surface area contributed by atoms with Crippen LogP contribution in [0.1, 0.15) is 18.7 Å². The zero-order chi connectivity index (χ0) is 21.3. The second-order valence-corrected chi connectivity index (χ2v) is 6.83. The molecule has 0 radical (unpaired) electrons. The van der Waals surface area contributed by atoms with Gasteiger partial charge in [0.05, 0.1) is 12.9 Å². The summed E-state index contributed by atoms with van der Waals surface area (Å²) < 4.78 is 12.3. The van der Waals surface area contributed by atoms with Crippen molar-refractivity contribution in [1.29, 1.82) is 0 Å². The highest BCUT2D eigenvalue weighted by molar-refractivity contribution is 5.82. The third-order valence-electron chi connectivity index (χ3n) is 4.82. The molecule has 1 aliphatic heterocycles. The summed E-state index contributed by atoms with van der Waals surface area (Å²) in [6.07, 6.45) is -1.56. The van der Waals surface area contributed by atoms with Crippen LogP contribution < -0.4 is 10.1 Å². The van der Waals surface area contributed by atoms with Crippen molar-refractivity contribution in [3.8, 4) is 5.75 Å². The maximum absolute atomic E-state index is 11.3. The van der Waals surface area contributed by atoms with Gasteiger partial charge in [0, 0.05) is 19.0 Å². The Kier molecular flexibility index (Phi) is 5.59. The predicted octanol–water partition coefficient (Wildman–Crippen LogP) is -0.0248. The molecule has 11 heteroatoms. The van der Waals surface area contributed by atoms with Crippen molar-refractivity contribution in [2.24, 2.45) is 0 Å². The van der Waals surface area contributed by atoms with Gasteiger partial charge in [0.25, 0.3) is 0 Å². The van der Waals surface area contributed by atoms with Gasteiger partial charge in [0.1, 0.15) is 30.4 Å². The highest BCUT2D eigenvalue weighted by atomic mass is 16.6. The molecule has 4 rings (SSSR count). The van der Waals surface area contributed by atoms with Gasteiger partial charge in [0.2, 0.25) is 0 Å². The highest BCUT2D eigenvalue weighted by Crippen LogP contribution is 2.32. The maximum Gasteiger partial charge on any atom is 0.308 e. The minimum atomic E-state index is -1.25. The smallest absolute Gasteiger partial charge is 0.308 e. The average molecular weight is 415 g/mol. The van der Waals surface area contributed by atoms with E-state index in [1.54, 1.807) is 12.1 Å². The molecular weight excluding hydrogens is 394 g/mol. The fourth-order valence-electron chi connectivity index (χ4n) is 3.36. The number of carbonyl (C=O) groups is 1. The minimum Gasteiger partial charge on any atom is -0.426 e. The number of benzene rings is 1. The summed E-state index contributed by atoms with van der Waals surface area (Å²) in [6, 6.07) is 7.12. The molecule has 0 spiro atoms. The molecule has 4 atom stereocenters. The van der Waals surface area contributed by atoms with Gasteiger partial charge < -0.3 is 30.1 Å². The lowest BCUT2D eigenvalue weighted by atomic mass is 10.1. The predicted molar refractivity (Wildman–Crippen MR) is 103 cm³/mol. The first-order chi connectivity index (χ1) is 14.5. The number of aromatic nitrogens is 4. The zero-order valence-electron chi connectivity index (χ0n) is 16.0. The number of imidazole rings is 1. The lowest BCUT2D eigenvalue weighted by Gasteiger charge is -2.16. The van der Waals surface area contributed by atoms with Crippen LogP contribution in [-0.2, 0) is 16.1 Å². The normalized spacial score (nSPS) is 23.6. The molecule has 3 aromatic rings. The van der Waals surface area contributed by atoms with Gasteiger partial charge in [-0.2, -0.15) is 0 Å². The minimum absolute atomic E-state index is 0.316. The third-order valence-corrected chi connectivity index (χ3v) is 4.82. The Morgan fingerprint density at radius 3 is 2.77 bits per heavy atom. The molecule has 1 aromatic carbocycles. The highest BCUT2D eigenvalue weighted by Gasteiger charge is 2.44. The first-order valence-electron chi connectivity index (χ1n) is 9.29. The van der Waals surface area contributed by atoms with Crippen molar-refractivity contribution in [2.75, 3.05) is 11.9 Å². The zero-order valence-corrected chi connectivity index (χ0v) is 16.0. The number of rotatable bonds is 6. The summed E-state index contributed by atoms with van der Waals surface area (Å²) in [5.74, 6) is 0.465. The number of anilines is 1. The molecule has 0 saturated carbocycles. The Hall–Kier alpha value is -3.12. The van der Waals surface area contributed by atoms with Gasteiger partial charge in [-0.05, 0) is 6.07 Å². The topological polar surface area (TPSA) is 152 Å². The van der Waals surface area contributed by atoms with E-state index in [0.29, 0.717) is 29.3 Å². The number of nitrogens with one attached hydrogen (secondary N) is 1. The average Bonchev–Trinajstić information content (AvgIpc) is 3.28. The van der Waals surface area contributed by atoms with E-state index in [1.807, 2.05) is 12.1 Å². The number of aliphatic hydroxyl groups excluding tert-OH is 3. The van der Waals surface area contributed by atoms with Crippen LogP contribution >= 0.6 is 0 Å². The SMILES string of the molecule is CC(=O)Oc1ccccc1CNc1ncnc2c1ncn2[C@@H]1O[C@H](CO)[C@@H](O)[C@H]1O. The lowest BCUT2D eigenvalue weighted by Crippen LogP contribution is -2.33. The molecule has 30 heavy (non-hydrogen) atoms. The quantitative estimate of drug-likeness (QED) is 0.319. The van der Waals surface area contributed by atoms with E-state index in [0.717, 1.165) is 5.56 Å². The van der Waals surface area contributed by atoms with Gasteiger partial charge >= 0.3 is 5.97 Å². The number of fused-ring (bicyclic) bond motifs is 1. The Labute approximate surface area is 170 Å². The molecule has 1 aliphatic rings. The van der Waals surface area contributed by atoms with E-state index < -0.39 is 37.1 Å². The van der Waals surface area contributed by atoms with Crippen LogP contribution in [-0.4, -0.2) is 65.7 Å². The van der Waals surface area contributed by atoms with Crippen molar-refractivity contribution in [2.45, 2.75) is 38.0 Å². The second-order valence-electron chi connectivity index (χ2n) is 6.83. The third kappa shape index (κ3) is 3.71. The van der Waals surface area contributed by atoms with Crippen molar-refractivity contribution >= 4 is 23.0 Å². The van der Waals surface area contributed by atoms with Gasteiger partial charge in [-0.15, -0.1) is 0 Å². The fraction of sp³-hybridized carbons (Fsp3) is 0.368. The number of hydrogen-bond acceptors (Lipinski definition) is 10. The summed E-state index contributed by atoms with van der Waals surface area (Å²) in [4.78, 5) is 24.0. The number of hydrogen-bond donors (Lipinski definition) is 4. The van der Waals surface area contributed by atoms with Crippen LogP contribution in [0, 0.1) is 0 Å². The molecule has 4 N–H and O–H groups in total. The van der Waals surface area contributed by atoms with Crippen molar-refractivity contribution < 1.29 is 29.6 Å². The standard InChI is InChI=1S/C19H21N5O6/c1-10(26)29-12-5-3-2-4-11(12)6-20-17-14-18(22-8-21-17)24(9-23-14)19-16(28)15(27)13(7-25)30-19/h2-5,8-9,13,15-16,19,25,27-28H,6-7H2,1H3,(H,20,21,22)/t13-,15-,16-,19-/m1/s1. The van der Waals surface area contributed by atoms with Gasteiger partial charge in [-0.3, -0.25) is 9.36 Å². The van der Waals surface area contributed by atoms with Crippen LogP contribution in [0.5, 0.6) is 5.75 Å². The van der Waals surface area contributed by atoms with E-state index in [9.17, 15) is 20.1 Å². The first kappa shape index (κ1) is 20.2. The molecule has 11 nitrogen and oxygen atoms in total. The number of carbonyl (C=O) groups excluding carboxylic acids is 1. The number of para-hydroxylation sites is 1. The number of nitrogens with zero attached hydrogens (tertiary/aromatic N) is 4. The van der Waals surface area contributed by atoms with Crippen LogP contribution in [0.3, 0.4) is 0 Å². The fourth-order valence-corrected chi connectivity index (χ4v) is 3.36. The molecule has 1 saturated heterocycles. The number of aliphatic hydroxyl groups is 3. The molecule has 0 bridgehead atoms. The van der Waals surface area contributed by atoms with E-state index >= 15 is 0 Å². The molecule has 2 aromatic heterocycles. The van der Waals surface area contributed by atoms with Crippen molar-refractivity contribution in [1.82, 2.24) is 19.5 Å². The van der Waals surface area contributed by atoms with Crippen molar-refractivity contribution in [3.05, 3.63) is 42.5 Å². The van der Waals surface area contributed by atoms with E-state index in [2.05, 4.69) is 20.3 Å². The summed E-state index contributed by atoms with van der Waals surface area (Å²) in [5.41, 5.74) is 1.57. The summed E-state index contributed by atoms with van der Waals surface area (Å²) in [7, 11) is 0. The summed E-state index contributed by atoms with van der Waals surface area (Å²) >= 11 is 0. The first-order valence-corrected chi connectivity index (χ1v) is 9.29. The van der Waals surface area contributed by atoms with E-state index in [4.69, 9.17) is 9.47 Å². The van der Waals surface area contributed by atoms with E-state index in [1.165, 1.54) is 24.1 Å². The summed E-state index contributed by atoms with van der Waals surface area (Å²) in [5, 5.41) is 32.7. The lowest BCUT2D eigenvalue weighted by molar-refractivity contribution is -0.131. The van der Waals surface area contributed by atoms with Gasteiger partial charge in [0.15, 0.2) is 23.2 Å². The molecule has 0 aliphatic carbocycles. The van der Waals surface area contributed by atoms with Crippen LogP contribution in [0.2, 0.25) is 0 Å². The Bertz CT molecular complexity index is 1060. The Morgan fingerprint density at radius 2 is 2.03 bits per heavy atom. The molecule has 1 fully saturated rings. The largest absolute Gasteiger partial charge is 0.426 e. The summed E-state index contributed by atoms with van der Waals surface area (Å²) in [6.45, 7) is 1.23. The van der Waals surface area contributed by atoms with Crippen molar-refractivity contribution in [3.63, 3.8) is 0 Å². The van der Waals surface area contributed by atoms with Crippen LogP contribution in [0.4, 0.5) is 5.82 Å². The molecule has 0 amide bonds. The number of ether oxygens (including phenoxy) is 2.